The van der Waals surface area contributed by atoms with Crippen molar-refractivity contribution < 1.29 is 9.18 Å². The van der Waals surface area contributed by atoms with Crippen LogP contribution in [0.3, 0.4) is 0 Å². The summed E-state index contributed by atoms with van der Waals surface area (Å²) in [7, 11) is 0. The first kappa shape index (κ1) is 9.90. The quantitative estimate of drug-likeness (QED) is 0.700. The Morgan fingerprint density at radius 2 is 2.20 bits per heavy atom. The van der Waals surface area contributed by atoms with Crippen LogP contribution in [-0.2, 0) is 11.2 Å². The Hall–Kier alpha value is -1.64. The number of benzene rings is 1. The van der Waals surface area contributed by atoms with Crippen LogP contribution in [-0.4, -0.2) is 5.91 Å². The van der Waals surface area contributed by atoms with Crippen molar-refractivity contribution in [2.75, 3.05) is 0 Å². The zero-order valence-corrected chi connectivity index (χ0v) is 8.29. The van der Waals surface area contributed by atoms with E-state index in [1.165, 1.54) is 18.2 Å². The van der Waals surface area contributed by atoms with Crippen molar-refractivity contribution in [2.24, 2.45) is 5.73 Å². The smallest absolute Gasteiger partial charge is 0.241 e. The maximum atomic E-state index is 13.1. The summed E-state index contributed by atoms with van der Waals surface area (Å²) in [5.41, 5.74) is 7.89. The Morgan fingerprint density at radius 1 is 1.40 bits per heavy atom. The van der Waals surface area contributed by atoms with Crippen molar-refractivity contribution in [3.63, 3.8) is 0 Å². The third-order valence-corrected chi connectivity index (χ3v) is 2.63. The van der Waals surface area contributed by atoms with Gasteiger partial charge in [0, 0.05) is 6.08 Å². The molecular formula is C12H12FNO. The highest BCUT2D eigenvalue weighted by molar-refractivity contribution is 5.94. The molecule has 0 spiro atoms. The van der Waals surface area contributed by atoms with Crippen LogP contribution in [0.1, 0.15) is 24.0 Å². The number of rotatable bonds is 1. The van der Waals surface area contributed by atoms with Crippen LogP contribution in [0.2, 0.25) is 0 Å². The first-order valence-electron chi connectivity index (χ1n) is 4.95. The predicted molar refractivity (Wildman–Crippen MR) is 56.5 cm³/mol. The van der Waals surface area contributed by atoms with Gasteiger partial charge < -0.3 is 5.73 Å². The number of primary amides is 1. The van der Waals surface area contributed by atoms with Crippen LogP contribution >= 0.6 is 0 Å². The molecule has 2 nitrogen and oxygen atoms in total. The van der Waals surface area contributed by atoms with Crippen LogP contribution in [0.5, 0.6) is 0 Å². The summed E-state index contributed by atoms with van der Waals surface area (Å²) in [6, 6.07) is 4.70. The predicted octanol–water partition coefficient (Wildman–Crippen LogP) is 2.03. The van der Waals surface area contributed by atoms with Gasteiger partial charge in [0.15, 0.2) is 0 Å². The molecule has 1 amide bonds. The monoisotopic (exact) mass is 205 g/mol. The molecule has 1 aromatic carbocycles. The molecule has 0 heterocycles. The number of fused-ring (bicyclic) bond motifs is 1. The normalized spacial score (nSPS) is 17.5. The molecule has 3 heteroatoms. The standard InChI is InChI=1S/C12H12FNO/c13-10-5-4-8-2-1-3-9(6-12(14)15)11(8)7-10/h4-7H,1-3H2,(H2,14,15)/b9-6-. The van der Waals surface area contributed by atoms with E-state index in [0.717, 1.165) is 36.0 Å². The summed E-state index contributed by atoms with van der Waals surface area (Å²) in [5, 5.41) is 0. The molecule has 0 aliphatic heterocycles. The summed E-state index contributed by atoms with van der Waals surface area (Å²) in [4.78, 5) is 10.8. The molecule has 2 N–H and O–H groups in total. The highest BCUT2D eigenvalue weighted by Crippen LogP contribution is 2.30. The number of halogens is 1. The lowest BCUT2D eigenvalue weighted by Crippen LogP contribution is -2.10. The van der Waals surface area contributed by atoms with E-state index in [0.29, 0.717) is 0 Å². The first-order valence-corrected chi connectivity index (χ1v) is 4.95. The van der Waals surface area contributed by atoms with Gasteiger partial charge in [-0.25, -0.2) is 4.39 Å². The zero-order chi connectivity index (χ0) is 10.8. The second kappa shape index (κ2) is 3.85. The summed E-state index contributed by atoms with van der Waals surface area (Å²) < 4.78 is 13.1. The molecule has 78 valence electrons. The number of nitrogens with two attached hydrogens (primary N) is 1. The van der Waals surface area contributed by atoms with E-state index in [1.54, 1.807) is 6.07 Å². The van der Waals surface area contributed by atoms with Crippen molar-refractivity contribution in [3.05, 3.63) is 41.2 Å². The minimum absolute atomic E-state index is 0.272. The van der Waals surface area contributed by atoms with Gasteiger partial charge in [0.1, 0.15) is 5.82 Å². The number of aryl methyl sites for hydroxylation is 1. The lowest BCUT2D eigenvalue weighted by molar-refractivity contribution is -0.113. The number of hydrogen-bond acceptors (Lipinski definition) is 1. The summed E-state index contributed by atoms with van der Waals surface area (Å²) >= 11 is 0. The molecular weight excluding hydrogens is 193 g/mol. The fourth-order valence-corrected chi connectivity index (χ4v) is 1.99. The topological polar surface area (TPSA) is 43.1 Å². The molecule has 1 aliphatic rings. The molecule has 1 aromatic rings. The summed E-state index contributed by atoms with van der Waals surface area (Å²) in [6.07, 6.45) is 4.11. The maximum Gasteiger partial charge on any atom is 0.241 e. The Morgan fingerprint density at radius 3 is 2.93 bits per heavy atom. The molecule has 15 heavy (non-hydrogen) atoms. The van der Waals surface area contributed by atoms with Crippen molar-refractivity contribution in [1.82, 2.24) is 0 Å². The minimum Gasteiger partial charge on any atom is -0.366 e. The van der Waals surface area contributed by atoms with Crippen molar-refractivity contribution >= 4 is 11.5 Å². The van der Waals surface area contributed by atoms with E-state index >= 15 is 0 Å². The molecule has 1 aliphatic carbocycles. The lowest BCUT2D eigenvalue weighted by atomic mass is 9.87. The molecule has 0 unspecified atom stereocenters. The molecule has 0 radical (unpaired) electrons. The van der Waals surface area contributed by atoms with Crippen molar-refractivity contribution in [1.29, 1.82) is 0 Å². The van der Waals surface area contributed by atoms with Crippen molar-refractivity contribution in [3.8, 4) is 0 Å². The van der Waals surface area contributed by atoms with Gasteiger partial charge in [-0.1, -0.05) is 6.07 Å². The SMILES string of the molecule is NC(=O)/C=C1/CCCc2ccc(F)cc21. The number of carbonyl (C=O) groups is 1. The lowest BCUT2D eigenvalue weighted by Gasteiger charge is -2.18. The van der Waals surface area contributed by atoms with E-state index < -0.39 is 5.91 Å². The van der Waals surface area contributed by atoms with Crippen LogP contribution < -0.4 is 5.73 Å². The van der Waals surface area contributed by atoms with E-state index in [-0.39, 0.29) is 5.82 Å². The van der Waals surface area contributed by atoms with Gasteiger partial charge in [-0.3, -0.25) is 4.79 Å². The molecule has 0 saturated heterocycles. The van der Waals surface area contributed by atoms with Crippen LogP contribution in [0.25, 0.3) is 5.57 Å². The third kappa shape index (κ3) is 2.06. The molecule has 0 aromatic heterocycles. The van der Waals surface area contributed by atoms with E-state index in [1.807, 2.05) is 0 Å². The fraction of sp³-hybridized carbons (Fsp3) is 0.250. The molecule has 0 saturated carbocycles. The zero-order valence-electron chi connectivity index (χ0n) is 8.29. The molecule has 0 fully saturated rings. The van der Waals surface area contributed by atoms with Gasteiger partial charge in [0.05, 0.1) is 0 Å². The largest absolute Gasteiger partial charge is 0.366 e. The molecule has 0 bridgehead atoms. The third-order valence-electron chi connectivity index (χ3n) is 2.63. The van der Waals surface area contributed by atoms with Gasteiger partial charge in [0.25, 0.3) is 0 Å². The number of allylic oxidation sites excluding steroid dienone is 1. The summed E-state index contributed by atoms with van der Waals surface area (Å²) in [5.74, 6) is -0.742. The Kier molecular flexibility index (Phi) is 2.54. The van der Waals surface area contributed by atoms with Crippen LogP contribution in [0.15, 0.2) is 24.3 Å². The average Bonchev–Trinajstić information content (AvgIpc) is 2.18. The second-order valence-electron chi connectivity index (χ2n) is 3.73. The summed E-state index contributed by atoms with van der Waals surface area (Å²) in [6.45, 7) is 0. The molecule has 2 rings (SSSR count). The Bertz CT molecular complexity index is 437. The van der Waals surface area contributed by atoms with Crippen molar-refractivity contribution in [2.45, 2.75) is 19.3 Å². The number of amides is 1. The number of carbonyl (C=O) groups excluding carboxylic acids is 1. The van der Waals surface area contributed by atoms with E-state index in [2.05, 4.69) is 0 Å². The first-order chi connectivity index (χ1) is 7.16. The van der Waals surface area contributed by atoms with Crippen LogP contribution in [0, 0.1) is 5.82 Å². The van der Waals surface area contributed by atoms with E-state index in [9.17, 15) is 9.18 Å². The fourth-order valence-electron chi connectivity index (χ4n) is 1.99. The van der Waals surface area contributed by atoms with Gasteiger partial charge in [0.2, 0.25) is 5.91 Å². The maximum absolute atomic E-state index is 13.1. The minimum atomic E-state index is -0.470. The highest BCUT2D eigenvalue weighted by atomic mass is 19.1. The number of hydrogen-bond donors (Lipinski definition) is 1. The van der Waals surface area contributed by atoms with Crippen LogP contribution in [0.4, 0.5) is 4.39 Å². The van der Waals surface area contributed by atoms with Gasteiger partial charge >= 0.3 is 0 Å². The Labute approximate surface area is 87.6 Å². The van der Waals surface area contributed by atoms with Gasteiger partial charge in [-0.05, 0) is 48.1 Å². The van der Waals surface area contributed by atoms with Gasteiger partial charge in [-0.15, -0.1) is 0 Å². The van der Waals surface area contributed by atoms with Gasteiger partial charge in [-0.2, -0.15) is 0 Å². The Balaban J connectivity index is 2.49. The second-order valence-corrected chi connectivity index (χ2v) is 3.73. The highest BCUT2D eigenvalue weighted by Gasteiger charge is 2.15. The average molecular weight is 205 g/mol. The van der Waals surface area contributed by atoms with E-state index in [4.69, 9.17) is 5.73 Å². The molecule has 0 atom stereocenters.